The summed E-state index contributed by atoms with van der Waals surface area (Å²) in [6, 6.07) is 0. The van der Waals surface area contributed by atoms with Crippen LogP contribution in [0.5, 0.6) is 0 Å². The Hall–Kier alpha value is 1.12. The molecule has 3 heteroatoms. The summed E-state index contributed by atoms with van der Waals surface area (Å²) in [5.74, 6) is 0.994. The number of hydrogen-bond acceptors (Lipinski definition) is 0. The van der Waals surface area contributed by atoms with Crippen molar-refractivity contribution in [2.75, 3.05) is 20.1 Å². The number of quaternary nitrogens is 1. The van der Waals surface area contributed by atoms with Crippen molar-refractivity contribution < 1.29 is 28.9 Å². The fraction of sp³-hybridized carbons (Fsp3) is 1.00. The molecule has 22 heavy (non-hydrogen) atoms. The van der Waals surface area contributed by atoms with E-state index < -0.39 is 0 Å². The average molecular weight is 437 g/mol. The van der Waals surface area contributed by atoms with E-state index in [-0.39, 0.29) is 24.0 Å². The molecule has 0 bridgehead atoms. The zero-order valence-corrected chi connectivity index (χ0v) is 17.9. The predicted octanol–water partition coefficient (Wildman–Crippen LogP) is 1.06. The van der Waals surface area contributed by atoms with E-state index in [9.17, 15) is 0 Å². The summed E-state index contributed by atoms with van der Waals surface area (Å²) in [4.78, 5) is 1.79. The quantitative estimate of drug-likeness (QED) is 0.498. The van der Waals surface area contributed by atoms with E-state index in [0.717, 1.165) is 22.9 Å². The maximum atomic E-state index is 2.59. The van der Waals surface area contributed by atoms with Crippen LogP contribution in [0.3, 0.4) is 0 Å². The van der Waals surface area contributed by atoms with Crippen molar-refractivity contribution in [1.82, 2.24) is 0 Å². The van der Waals surface area contributed by atoms with Gasteiger partial charge in [-0.15, -0.1) is 0 Å². The van der Waals surface area contributed by atoms with Gasteiger partial charge in [-0.2, -0.15) is 0 Å². The molecule has 2 aliphatic carbocycles. The highest BCUT2D eigenvalue weighted by Gasteiger charge is 2.41. The standard InChI is InChI=1S/C19H36NP.HI/c1-16-15-20(2)14-13-19(16)21(17-9-5-3-6-10-17)18-11-7-4-8-12-18;/h16-19H,3-15H2,1-2H3;1H. The van der Waals surface area contributed by atoms with Gasteiger partial charge in [0, 0.05) is 12.3 Å². The van der Waals surface area contributed by atoms with Crippen LogP contribution in [0.25, 0.3) is 0 Å². The van der Waals surface area contributed by atoms with Gasteiger partial charge in [0.2, 0.25) is 0 Å². The topological polar surface area (TPSA) is 4.44 Å². The summed E-state index contributed by atoms with van der Waals surface area (Å²) in [6.45, 7) is 5.49. The molecule has 1 nitrogen and oxygen atoms in total. The zero-order valence-electron chi connectivity index (χ0n) is 14.8. The second-order valence-electron chi connectivity index (χ2n) is 8.28. The van der Waals surface area contributed by atoms with Gasteiger partial charge in [0.05, 0.1) is 20.1 Å². The summed E-state index contributed by atoms with van der Waals surface area (Å²) >= 11 is 0. The normalized spacial score (nSPS) is 35.3. The Labute approximate surface area is 157 Å². The van der Waals surface area contributed by atoms with Gasteiger partial charge in [-0.1, -0.05) is 53.4 Å². The SMILES string of the molecule is CC1C[NH+](C)CCC1P(C1CCCCC1)C1CCCCC1.[I-]. The van der Waals surface area contributed by atoms with E-state index in [1.54, 1.807) is 62.7 Å². The summed E-state index contributed by atoms with van der Waals surface area (Å²) < 4.78 is 0. The van der Waals surface area contributed by atoms with Crippen LogP contribution in [0.4, 0.5) is 0 Å². The second-order valence-corrected chi connectivity index (χ2v) is 11.3. The first-order valence-corrected chi connectivity index (χ1v) is 11.4. The zero-order chi connectivity index (χ0) is 14.7. The lowest BCUT2D eigenvalue weighted by molar-refractivity contribution is -0.888. The number of piperidine rings is 1. The second kappa shape index (κ2) is 9.56. The molecule has 1 saturated heterocycles. The van der Waals surface area contributed by atoms with Gasteiger partial charge in [-0.3, -0.25) is 0 Å². The molecule has 0 radical (unpaired) electrons. The summed E-state index contributed by atoms with van der Waals surface area (Å²) in [5, 5.41) is 0. The smallest absolute Gasteiger partial charge is 0.0800 e. The number of hydrogen-bond donors (Lipinski definition) is 1. The highest BCUT2D eigenvalue weighted by Crippen LogP contribution is 2.61. The Morgan fingerprint density at radius 3 is 1.73 bits per heavy atom. The lowest BCUT2D eigenvalue weighted by Crippen LogP contribution is -3.11. The summed E-state index contributed by atoms with van der Waals surface area (Å²) in [7, 11) is 2.73. The highest BCUT2D eigenvalue weighted by molar-refractivity contribution is 7.60. The lowest BCUT2D eigenvalue weighted by atomic mass is 9.98. The van der Waals surface area contributed by atoms with Crippen LogP contribution in [0.15, 0.2) is 0 Å². The van der Waals surface area contributed by atoms with Crippen LogP contribution in [0.2, 0.25) is 0 Å². The largest absolute Gasteiger partial charge is 1.00 e. The molecule has 130 valence electrons. The molecule has 3 aliphatic rings. The third kappa shape index (κ3) is 4.82. The fourth-order valence-electron chi connectivity index (χ4n) is 5.51. The minimum atomic E-state index is 0. The number of halogens is 1. The van der Waals surface area contributed by atoms with E-state index in [1.165, 1.54) is 25.9 Å². The Morgan fingerprint density at radius 1 is 0.773 bits per heavy atom. The molecule has 3 rings (SSSR count). The van der Waals surface area contributed by atoms with E-state index in [2.05, 4.69) is 14.0 Å². The molecular weight excluding hydrogens is 400 g/mol. The molecule has 1 aliphatic heterocycles. The van der Waals surface area contributed by atoms with Gasteiger partial charge in [0.15, 0.2) is 0 Å². The van der Waals surface area contributed by atoms with E-state index in [0.29, 0.717) is 7.92 Å². The molecule has 0 amide bonds. The summed E-state index contributed by atoms with van der Waals surface area (Å²) in [6.07, 6.45) is 17.1. The van der Waals surface area contributed by atoms with Gasteiger partial charge >= 0.3 is 0 Å². The van der Waals surface area contributed by atoms with Crippen LogP contribution in [-0.4, -0.2) is 37.1 Å². The first-order chi connectivity index (χ1) is 10.3. The molecular formula is C19H37INP. The molecule has 2 saturated carbocycles. The monoisotopic (exact) mass is 437 g/mol. The molecule has 1 heterocycles. The minimum Gasteiger partial charge on any atom is -1.00 e. The first kappa shape index (κ1) is 19.4. The Morgan fingerprint density at radius 2 is 1.27 bits per heavy atom. The molecule has 1 N–H and O–H groups in total. The Kier molecular flexibility index (Phi) is 8.45. The first-order valence-electron chi connectivity index (χ1n) is 9.84. The number of likely N-dealkylation sites (tertiary alicyclic amines) is 1. The van der Waals surface area contributed by atoms with E-state index in [4.69, 9.17) is 0 Å². The highest BCUT2D eigenvalue weighted by atomic mass is 127. The van der Waals surface area contributed by atoms with Gasteiger partial charge < -0.3 is 28.9 Å². The Bertz CT molecular complexity index is 295. The van der Waals surface area contributed by atoms with Gasteiger partial charge in [-0.05, 0) is 42.7 Å². The number of rotatable bonds is 3. The maximum absolute atomic E-state index is 2.59. The van der Waals surface area contributed by atoms with Crippen LogP contribution in [0, 0.1) is 5.92 Å². The molecule has 3 fully saturated rings. The maximum Gasteiger partial charge on any atom is 0.0800 e. The third-order valence-corrected chi connectivity index (χ3v) is 10.8. The van der Waals surface area contributed by atoms with Crippen molar-refractivity contribution in [2.24, 2.45) is 5.92 Å². The molecule has 0 aromatic rings. The summed E-state index contributed by atoms with van der Waals surface area (Å²) in [5.41, 5.74) is 3.43. The minimum absolute atomic E-state index is 0. The average Bonchev–Trinajstić information content (AvgIpc) is 2.52. The molecule has 3 unspecified atom stereocenters. The van der Waals surface area contributed by atoms with Crippen molar-refractivity contribution in [3.63, 3.8) is 0 Å². The van der Waals surface area contributed by atoms with E-state index >= 15 is 0 Å². The van der Waals surface area contributed by atoms with Crippen molar-refractivity contribution in [3.05, 3.63) is 0 Å². The predicted molar refractivity (Wildman–Crippen MR) is 94.9 cm³/mol. The van der Waals surface area contributed by atoms with Crippen molar-refractivity contribution in [1.29, 1.82) is 0 Å². The number of nitrogens with one attached hydrogen (secondary N) is 1. The van der Waals surface area contributed by atoms with Crippen molar-refractivity contribution in [3.8, 4) is 0 Å². The van der Waals surface area contributed by atoms with Gasteiger partial charge in [0.25, 0.3) is 0 Å². The van der Waals surface area contributed by atoms with Crippen molar-refractivity contribution in [2.45, 2.75) is 94.5 Å². The van der Waals surface area contributed by atoms with Crippen molar-refractivity contribution >= 4 is 7.92 Å². The third-order valence-electron chi connectivity index (χ3n) is 6.57. The molecule has 0 spiro atoms. The van der Waals surface area contributed by atoms with Gasteiger partial charge in [-0.25, -0.2) is 0 Å². The van der Waals surface area contributed by atoms with E-state index in [1.807, 2.05) is 0 Å². The van der Waals surface area contributed by atoms with Crippen LogP contribution < -0.4 is 28.9 Å². The van der Waals surface area contributed by atoms with Crippen LogP contribution in [-0.2, 0) is 0 Å². The molecule has 3 atom stereocenters. The fourth-order valence-corrected chi connectivity index (χ4v) is 10.2. The lowest BCUT2D eigenvalue weighted by Gasteiger charge is -2.47. The molecule has 0 aromatic heterocycles. The van der Waals surface area contributed by atoms with Gasteiger partial charge in [0.1, 0.15) is 0 Å². The Balaban J connectivity index is 0.00000176. The van der Waals surface area contributed by atoms with Crippen LogP contribution in [0.1, 0.15) is 77.6 Å². The molecule has 0 aromatic carbocycles. The van der Waals surface area contributed by atoms with Crippen LogP contribution >= 0.6 is 7.92 Å².